The van der Waals surface area contributed by atoms with Crippen LogP contribution in [-0.2, 0) is 9.59 Å². The third-order valence-corrected chi connectivity index (χ3v) is 3.67. The van der Waals surface area contributed by atoms with Crippen LogP contribution in [0.5, 0.6) is 0 Å². The molecule has 1 aromatic rings. The second-order valence-electron chi connectivity index (χ2n) is 4.54. The van der Waals surface area contributed by atoms with Crippen molar-refractivity contribution in [2.75, 3.05) is 0 Å². The second kappa shape index (κ2) is 4.68. The first-order valence-electron chi connectivity index (χ1n) is 5.68. The van der Waals surface area contributed by atoms with Crippen molar-refractivity contribution >= 4 is 27.7 Å². The Hall–Kier alpha value is -1.43. The highest BCUT2D eigenvalue weighted by Crippen LogP contribution is 2.45. The molecule has 1 saturated carbocycles. The second-order valence-corrected chi connectivity index (χ2v) is 5.46. The molecule has 18 heavy (non-hydrogen) atoms. The summed E-state index contributed by atoms with van der Waals surface area (Å²) in [6.45, 7) is 1.82. The van der Waals surface area contributed by atoms with E-state index in [4.69, 9.17) is 5.73 Å². The third-order valence-electron chi connectivity index (χ3n) is 3.20. The van der Waals surface area contributed by atoms with Gasteiger partial charge < -0.3 is 11.1 Å². The summed E-state index contributed by atoms with van der Waals surface area (Å²) < 4.78 is 0.876. The minimum Gasteiger partial charge on any atom is -0.369 e. The number of halogens is 1. The largest absolute Gasteiger partial charge is 0.369 e. The summed E-state index contributed by atoms with van der Waals surface area (Å²) in [6.07, 6.45) is 2.74. The zero-order valence-electron chi connectivity index (χ0n) is 9.94. The average molecular weight is 312 g/mol. The lowest BCUT2D eigenvalue weighted by Gasteiger charge is -2.17. The molecule has 2 rings (SSSR count). The van der Waals surface area contributed by atoms with Crippen LogP contribution < -0.4 is 11.1 Å². The van der Waals surface area contributed by atoms with Gasteiger partial charge >= 0.3 is 0 Å². The van der Waals surface area contributed by atoms with E-state index in [2.05, 4.69) is 26.2 Å². The molecular weight excluding hydrogens is 298 g/mol. The summed E-state index contributed by atoms with van der Waals surface area (Å²) >= 11 is 3.30. The van der Waals surface area contributed by atoms with E-state index in [0.717, 1.165) is 10.2 Å². The smallest absolute Gasteiger partial charge is 0.236 e. The van der Waals surface area contributed by atoms with Gasteiger partial charge in [-0.05, 0) is 47.8 Å². The molecule has 1 aromatic heterocycles. The molecule has 5 nitrogen and oxygen atoms in total. The maximum Gasteiger partial charge on any atom is 0.236 e. The van der Waals surface area contributed by atoms with Gasteiger partial charge in [-0.15, -0.1) is 0 Å². The van der Waals surface area contributed by atoms with Crippen molar-refractivity contribution in [2.24, 2.45) is 11.1 Å². The predicted molar refractivity (Wildman–Crippen MR) is 69.4 cm³/mol. The Balaban J connectivity index is 2.04. The topological polar surface area (TPSA) is 85.1 Å². The minimum atomic E-state index is -0.983. The van der Waals surface area contributed by atoms with Crippen molar-refractivity contribution in [1.82, 2.24) is 10.3 Å². The van der Waals surface area contributed by atoms with Gasteiger partial charge in [0.05, 0.1) is 11.7 Å². The summed E-state index contributed by atoms with van der Waals surface area (Å²) in [5.74, 6) is -0.844. The lowest BCUT2D eigenvalue weighted by atomic mass is 10.0. The van der Waals surface area contributed by atoms with Crippen molar-refractivity contribution in [3.05, 3.63) is 28.5 Å². The number of amides is 2. The predicted octanol–water partition coefficient (Wildman–Crippen LogP) is 1.29. The number of pyridine rings is 1. The molecule has 0 unspecified atom stereocenters. The molecule has 0 saturated heterocycles. The molecule has 1 aliphatic rings. The first kappa shape index (κ1) is 13.0. The van der Waals surface area contributed by atoms with Gasteiger partial charge in [-0.2, -0.15) is 0 Å². The summed E-state index contributed by atoms with van der Waals surface area (Å²) in [6, 6.07) is 3.42. The Labute approximate surface area is 113 Å². The van der Waals surface area contributed by atoms with Gasteiger partial charge in [0, 0.05) is 10.7 Å². The van der Waals surface area contributed by atoms with Crippen LogP contribution in [0.1, 0.15) is 31.5 Å². The highest BCUT2D eigenvalue weighted by atomic mass is 79.9. The number of rotatable bonds is 4. The third kappa shape index (κ3) is 2.38. The van der Waals surface area contributed by atoms with E-state index in [-0.39, 0.29) is 11.9 Å². The molecular formula is C12H14BrN3O2. The summed E-state index contributed by atoms with van der Waals surface area (Å²) in [5, 5.41) is 2.78. The molecule has 0 spiro atoms. The number of nitrogens with zero attached hydrogens (tertiary/aromatic N) is 1. The lowest BCUT2D eigenvalue weighted by Crippen LogP contribution is -2.41. The van der Waals surface area contributed by atoms with Crippen LogP contribution in [0.3, 0.4) is 0 Å². The van der Waals surface area contributed by atoms with Crippen molar-refractivity contribution < 1.29 is 9.59 Å². The molecule has 3 N–H and O–H groups in total. The van der Waals surface area contributed by atoms with Crippen LogP contribution in [0.15, 0.2) is 22.8 Å². The molecule has 96 valence electrons. The van der Waals surface area contributed by atoms with Gasteiger partial charge in [0.2, 0.25) is 11.8 Å². The Morgan fingerprint density at radius 3 is 2.61 bits per heavy atom. The van der Waals surface area contributed by atoms with E-state index < -0.39 is 11.3 Å². The van der Waals surface area contributed by atoms with Crippen LogP contribution in [-0.4, -0.2) is 16.8 Å². The number of primary amides is 1. The Morgan fingerprint density at radius 1 is 1.50 bits per heavy atom. The maximum atomic E-state index is 12.0. The number of hydrogen-bond donors (Lipinski definition) is 2. The number of hydrogen-bond acceptors (Lipinski definition) is 3. The van der Waals surface area contributed by atoms with Crippen molar-refractivity contribution in [3.63, 3.8) is 0 Å². The molecule has 6 heteroatoms. The molecule has 0 aromatic carbocycles. The van der Waals surface area contributed by atoms with Gasteiger partial charge in [0.25, 0.3) is 0 Å². The lowest BCUT2D eigenvalue weighted by molar-refractivity contribution is -0.135. The van der Waals surface area contributed by atoms with Crippen LogP contribution in [0.2, 0.25) is 0 Å². The summed E-state index contributed by atoms with van der Waals surface area (Å²) in [5.41, 5.74) is 5.01. The van der Waals surface area contributed by atoms with E-state index in [0.29, 0.717) is 12.8 Å². The number of nitrogens with two attached hydrogens (primary N) is 1. The van der Waals surface area contributed by atoms with Crippen molar-refractivity contribution in [1.29, 1.82) is 0 Å². The van der Waals surface area contributed by atoms with Crippen LogP contribution >= 0.6 is 15.9 Å². The van der Waals surface area contributed by atoms with E-state index in [1.165, 1.54) is 0 Å². The molecule has 1 heterocycles. The fourth-order valence-electron chi connectivity index (χ4n) is 1.76. The molecule has 1 atom stereocenters. The van der Waals surface area contributed by atoms with E-state index in [1.807, 2.05) is 19.1 Å². The first-order chi connectivity index (χ1) is 8.45. The fourth-order valence-corrected chi connectivity index (χ4v) is 2.00. The molecule has 0 aliphatic heterocycles. The molecule has 1 aliphatic carbocycles. The Kier molecular flexibility index (Phi) is 3.38. The first-order valence-corrected chi connectivity index (χ1v) is 6.47. The molecule has 0 bridgehead atoms. The standard InChI is InChI=1S/C12H14BrN3O2/c1-7(9-3-2-8(13)6-15-9)16-11(18)12(4-5-12)10(14)17/h2-3,6-7H,4-5H2,1H3,(H2,14,17)(H,16,18)/t7-/m1/s1. The number of carbonyl (C=O) groups is 2. The van der Waals surface area contributed by atoms with Gasteiger partial charge in [-0.25, -0.2) is 0 Å². The van der Waals surface area contributed by atoms with Gasteiger partial charge in [-0.1, -0.05) is 0 Å². The van der Waals surface area contributed by atoms with Crippen LogP contribution in [0.25, 0.3) is 0 Å². The Morgan fingerprint density at radius 2 is 2.17 bits per heavy atom. The van der Waals surface area contributed by atoms with Crippen LogP contribution in [0.4, 0.5) is 0 Å². The van der Waals surface area contributed by atoms with Crippen molar-refractivity contribution in [3.8, 4) is 0 Å². The normalized spacial score (nSPS) is 17.9. The zero-order chi connectivity index (χ0) is 13.3. The number of nitrogens with one attached hydrogen (secondary N) is 1. The highest BCUT2D eigenvalue weighted by molar-refractivity contribution is 9.10. The number of carbonyl (C=O) groups excluding carboxylic acids is 2. The fraction of sp³-hybridized carbons (Fsp3) is 0.417. The van der Waals surface area contributed by atoms with Gasteiger partial charge in [0.15, 0.2) is 0 Å². The molecule has 2 amide bonds. The number of aromatic nitrogens is 1. The maximum absolute atomic E-state index is 12.0. The summed E-state index contributed by atoms with van der Waals surface area (Å²) in [7, 11) is 0. The quantitative estimate of drug-likeness (QED) is 0.822. The van der Waals surface area contributed by atoms with E-state index in [9.17, 15) is 9.59 Å². The zero-order valence-corrected chi connectivity index (χ0v) is 11.5. The van der Waals surface area contributed by atoms with Crippen molar-refractivity contribution in [2.45, 2.75) is 25.8 Å². The molecule has 0 radical (unpaired) electrons. The highest BCUT2D eigenvalue weighted by Gasteiger charge is 2.55. The molecule has 1 fully saturated rings. The van der Waals surface area contributed by atoms with Gasteiger partial charge in [-0.3, -0.25) is 14.6 Å². The SMILES string of the molecule is C[C@@H](NC(=O)C1(C(N)=O)CC1)c1ccc(Br)cn1. The van der Waals surface area contributed by atoms with E-state index >= 15 is 0 Å². The average Bonchev–Trinajstić information content (AvgIpc) is 3.10. The summed E-state index contributed by atoms with van der Waals surface area (Å²) in [4.78, 5) is 27.4. The van der Waals surface area contributed by atoms with E-state index in [1.54, 1.807) is 6.20 Å². The minimum absolute atomic E-state index is 0.248. The van der Waals surface area contributed by atoms with Crippen LogP contribution in [0, 0.1) is 5.41 Å². The Bertz CT molecular complexity index is 483. The van der Waals surface area contributed by atoms with Gasteiger partial charge in [0.1, 0.15) is 5.41 Å². The monoisotopic (exact) mass is 311 g/mol.